The fourth-order valence-corrected chi connectivity index (χ4v) is 4.61. The number of fused-ring (bicyclic) bond motifs is 2. The summed E-state index contributed by atoms with van der Waals surface area (Å²) < 4.78 is 7.14. The zero-order chi connectivity index (χ0) is 15.7. The molecule has 0 unspecified atom stereocenters. The zero-order valence-electron chi connectivity index (χ0n) is 13.0. The van der Waals surface area contributed by atoms with Gasteiger partial charge in [0.1, 0.15) is 0 Å². The summed E-state index contributed by atoms with van der Waals surface area (Å²) in [5.74, 6) is 0.178. The topological polar surface area (TPSA) is 29.5 Å². The lowest BCUT2D eigenvalue weighted by molar-refractivity contribution is -0.150. The Balaban J connectivity index is 1.91. The van der Waals surface area contributed by atoms with Gasteiger partial charge in [0.25, 0.3) is 0 Å². The molecule has 2 aliphatic rings. The standard InChI is InChI=1S/C18H22INO2/c1-20-14-7-8-16(20)17(18(21)22-2)15(11-14)13-5-3-12(4-6-13)9-10-19/h3-6,9-10,14-17H,7-8,11H2,1-2H3/b10-9-/t14-,15+,16+,17-/m1/s1/i19-4. The van der Waals surface area contributed by atoms with E-state index in [0.29, 0.717) is 12.1 Å². The van der Waals surface area contributed by atoms with Crippen LogP contribution in [0.2, 0.25) is 0 Å². The molecule has 1 aromatic rings. The quantitative estimate of drug-likeness (QED) is 0.564. The molecule has 2 aliphatic heterocycles. The summed E-state index contributed by atoms with van der Waals surface area (Å²) in [5.41, 5.74) is 2.47. The average molecular weight is 407 g/mol. The highest BCUT2D eigenvalue weighted by Gasteiger charge is 2.49. The molecule has 1 aromatic carbocycles. The number of carbonyl (C=O) groups is 1. The van der Waals surface area contributed by atoms with Crippen LogP contribution < -0.4 is 0 Å². The van der Waals surface area contributed by atoms with Gasteiger partial charge in [0, 0.05) is 18.0 Å². The van der Waals surface area contributed by atoms with Crippen LogP contribution in [0.1, 0.15) is 36.3 Å². The molecular weight excluding hydrogens is 385 g/mol. The first-order valence-corrected chi connectivity index (χ1v) is 9.06. The zero-order valence-corrected chi connectivity index (χ0v) is 15.2. The molecule has 118 valence electrons. The van der Waals surface area contributed by atoms with E-state index < -0.39 is 0 Å². The number of hydrogen-bond acceptors (Lipinski definition) is 3. The number of methoxy groups -OCH3 is 1. The van der Waals surface area contributed by atoms with Gasteiger partial charge in [-0.2, -0.15) is 0 Å². The molecule has 4 heteroatoms. The number of hydrogen-bond donors (Lipinski definition) is 0. The third kappa shape index (κ3) is 2.83. The third-order valence-electron chi connectivity index (χ3n) is 5.36. The van der Waals surface area contributed by atoms with Gasteiger partial charge < -0.3 is 4.74 Å². The Morgan fingerprint density at radius 1 is 1.32 bits per heavy atom. The van der Waals surface area contributed by atoms with Crippen LogP contribution in [-0.2, 0) is 9.53 Å². The number of benzene rings is 1. The third-order valence-corrected chi connectivity index (χ3v) is 5.72. The van der Waals surface area contributed by atoms with Crippen LogP contribution in [0.4, 0.5) is 0 Å². The highest BCUT2D eigenvalue weighted by atomic mass is 123. The maximum absolute atomic E-state index is 12.4. The molecular formula is C18H22INO2. The van der Waals surface area contributed by atoms with Crippen molar-refractivity contribution in [1.82, 2.24) is 4.90 Å². The van der Waals surface area contributed by atoms with Crippen molar-refractivity contribution in [3.8, 4) is 0 Å². The van der Waals surface area contributed by atoms with E-state index in [1.807, 2.05) is 4.08 Å². The Labute approximate surface area is 145 Å². The Bertz CT molecular complexity index is 569. The van der Waals surface area contributed by atoms with E-state index in [-0.39, 0.29) is 17.8 Å². The van der Waals surface area contributed by atoms with Crippen molar-refractivity contribution in [3.63, 3.8) is 0 Å². The van der Waals surface area contributed by atoms with Gasteiger partial charge in [-0.1, -0.05) is 46.9 Å². The summed E-state index contributed by atoms with van der Waals surface area (Å²) in [6.45, 7) is 0. The highest BCUT2D eigenvalue weighted by molar-refractivity contribution is 14.1. The summed E-state index contributed by atoms with van der Waals surface area (Å²) in [6, 6.07) is 9.56. The van der Waals surface area contributed by atoms with E-state index in [0.717, 1.165) is 12.8 Å². The Morgan fingerprint density at radius 3 is 2.68 bits per heavy atom. The number of carbonyl (C=O) groups excluding carboxylic acids is 1. The molecule has 2 fully saturated rings. The minimum Gasteiger partial charge on any atom is -0.469 e. The summed E-state index contributed by atoms with van der Waals surface area (Å²) in [5, 5.41) is 0. The molecule has 22 heavy (non-hydrogen) atoms. The molecule has 0 aliphatic carbocycles. The largest absolute Gasteiger partial charge is 0.469 e. The molecule has 0 N–H and O–H groups in total. The van der Waals surface area contributed by atoms with Crippen molar-refractivity contribution >= 4 is 34.6 Å². The molecule has 0 amide bonds. The van der Waals surface area contributed by atoms with Gasteiger partial charge in [-0.15, -0.1) is 0 Å². The molecule has 2 heterocycles. The second-order valence-electron chi connectivity index (χ2n) is 6.31. The average Bonchev–Trinajstić information content (AvgIpc) is 2.77. The number of halogens is 1. The van der Waals surface area contributed by atoms with Crippen molar-refractivity contribution in [1.29, 1.82) is 0 Å². The predicted octanol–water partition coefficient (Wildman–Crippen LogP) is 3.83. The summed E-state index contributed by atoms with van der Waals surface area (Å²) in [7, 11) is 3.66. The Morgan fingerprint density at radius 2 is 2.05 bits per heavy atom. The number of ether oxygens (including phenoxy) is 1. The Kier molecular flexibility index (Phi) is 4.88. The van der Waals surface area contributed by atoms with E-state index >= 15 is 0 Å². The lowest BCUT2D eigenvalue weighted by atomic mass is 9.76. The Hall–Kier alpha value is -0.880. The van der Waals surface area contributed by atoms with E-state index in [9.17, 15) is 4.79 Å². The fourth-order valence-electron chi connectivity index (χ4n) is 4.19. The van der Waals surface area contributed by atoms with Crippen LogP contribution in [0.3, 0.4) is 0 Å². The minimum absolute atomic E-state index is 0.0419. The van der Waals surface area contributed by atoms with Crippen molar-refractivity contribution in [2.45, 2.75) is 37.3 Å². The van der Waals surface area contributed by atoms with Gasteiger partial charge in [-0.05, 0) is 47.6 Å². The van der Waals surface area contributed by atoms with Crippen molar-refractivity contribution < 1.29 is 9.53 Å². The number of rotatable bonds is 3. The van der Waals surface area contributed by atoms with Crippen molar-refractivity contribution in [2.75, 3.05) is 14.2 Å². The monoisotopic (exact) mass is 407 g/mol. The molecule has 0 spiro atoms. The van der Waals surface area contributed by atoms with E-state index in [1.54, 1.807) is 0 Å². The molecule has 2 bridgehead atoms. The maximum atomic E-state index is 12.4. The first kappa shape index (κ1) is 16.0. The molecule has 0 aromatic heterocycles. The number of nitrogens with zero attached hydrogens (tertiary/aromatic N) is 1. The second kappa shape index (κ2) is 6.71. The first-order valence-electron chi connectivity index (χ1n) is 7.82. The van der Waals surface area contributed by atoms with Crippen LogP contribution in [-0.4, -0.2) is 37.1 Å². The summed E-state index contributed by atoms with van der Waals surface area (Å²) >= 11 is 2.23. The van der Waals surface area contributed by atoms with Gasteiger partial charge in [0.2, 0.25) is 0 Å². The molecule has 0 radical (unpaired) electrons. The van der Waals surface area contributed by atoms with Gasteiger partial charge >= 0.3 is 5.97 Å². The normalized spacial score (nSPS) is 31.6. The molecule has 4 atom stereocenters. The predicted molar refractivity (Wildman–Crippen MR) is 96.9 cm³/mol. The molecule has 2 saturated heterocycles. The summed E-state index contributed by atoms with van der Waals surface area (Å²) in [6.07, 6.45) is 5.43. The molecule has 0 saturated carbocycles. The first-order chi connectivity index (χ1) is 10.7. The van der Waals surface area contributed by atoms with Crippen LogP contribution in [0.25, 0.3) is 6.08 Å². The van der Waals surface area contributed by atoms with Crippen LogP contribution in [0, 0.1) is 5.92 Å². The lowest BCUT2D eigenvalue weighted by Gasteiger charge is -2.41. The number of piperidine rings is 1. The highest BCUT2D eigenvalue weighted by Crippen LogP contribution is 2.46. The van der Waals surface area contributed by atoms with Crippen LogP contribution in [0.5, 0.6) is 0 Å². The van der Waals surface area contributed by atoms with Crippen LogP contribution in [0.15, 0.2) is 28.3 Å². The molecule has 3 rings (SSSR count). The van der Waals surface area contributed by atoms with E-state index in [1.165, 1.54) is 24.7 Å². The van der Waals surface area contributed by atoms with E-state index in [4.69, 9.17) is 4.74 Å². The van der Waals surface area contributed by atoms with Gasteiger partial charge in [-0.25, -0.2) is 0 Å². The van der Waals surface area contributed by atoms with E-state index in [2.05, 4.69) is 64.9 Å². The second-order valence-corrected chi connectivity index (χ2v) is 7.03. The SMILES string of the molecule is COC(=O)[C@@H]1[C@H](c2ccc(/C=C\[123I])cc2)C[C@H]2CC[C@@H]1N2C. The van der Waals surface area contributed by atoms with Crippen molar-refractivity contribution in [2.24, 2.45) is 5.92 Å². The van der Waals surface area contributed by atoms with Crippen LogP contribution >= 0.6 is 22.6 Å². The van der Waals surface area contributed by atoms with Gasteiger partial charge in [0.05, 0.1) is 13.0 Å². The molecule has 3 nitrogen and oxygen atoms in total. The number of esters is 1. The lowest BCUT2D eigenvalue weighted by Crippen LogP contribution is -2.49. The minimum atomic E-state index is -0.0570. The van der Waals surface area contributed by atoms with Gasteiger partial charge in [-0.3, -0.25) is 9.69 Å². The summed E-state index contributed by atoms with van der Waals surface area (Å²) in [4.78, 5) is 14.8. The van der Waals surface area contributed by atoms with Gasteiger partial charge in [0.15, 0.2) is 0 Å². The van der Waals surface area contributed by atoms with Crippen molar-refractivity contribution in [3.05, 3.63) is 39.5 Å². The smallest absolute Gasteiger partial charge is 0.310 e. The maximum Gasteiger partial charge on any atom is 0.310 e. The fraction of sp³-hybridized carbons (Fsp3) is 0.500.